The van der Waals surface area contributed by atoms with Gasteiger partial charge in [0.2, 0.25) is 10.0 Å². The third kappa shape index (κ3) is 5.68. The van der Waals surface area contributed by atoms with Crippen LogP contribution in [-0.2, 0) is 10.0 Å². The lowest BCUT2D eigenvalue weighted by Crippen LogP contribution is -2.46. The van der Waals surface area contributed by atoms with Crippen LogP contribution in [0.3, 0.4) is 0 Å². The van der Waals surface area contributed by atoms with Crippen molar-refractivity contribution in [2.75, 3.05) is 19.3 Å². The van der Waals surface area contributed by atoms with E-state index in [1.807, 2.05) is 42.5 Å². The first-order valence-electron chi connectivity index (χ1n) is 8.84. The Bertz CT molecular complexity index is 950. The molecule has 0 aliphatic carbocycles. The highest BCUT2D eigenvalue weighted by Crippen LogP contribution is 2.15. The third-order valence-corrected chi connectivity index (χ3v) is 5.18. The first-order chi connectivity index (χ1) is 12.9. The van der Waals surface area contributed by atoms with Gasteiger partial charge in [0.05, 0.1) is 6.26 Å². The van der Waals surface area contributed by atoms with E-state index in [1.165, 1.54) is 0 Å². The zero-order valence-electron chi connectivity index (χ0n) is 15.2. The van der Waals surface area contributed by atoms with Gasteiger partial charge in [0, 0.05) is 35.8 Å². The first kappa shape index (κ1) is 19.2. The number of nitrogens with zero attached hydrogens (tertiary/aromatic N) is 1. The molecule has 140 valence electrons. The summed E-state index contributed by atoms with van der Waals surface area (Å²) in [6.07, 6.45) is 2.41. The van der Waals surface area contributed by atoms with Gasteiger partial charge in [0.1, 0.15) is 0 Å². The minimum Gasteiger partial charge on any atom is -0.339 e. The summed E-state index contributed by atoms with van der Waals surface area (Å²) in [5, 5.41) is 0. The molecule has 1 aliphatic heterocycles. The maximum absolute atomic E-state index is 12.6. The van der Waals surface area contributed by atoms with E-state index in [2.05, 4.69) is 16.6 Å². The van der Waals surface area contributed by atoms with Crippen molar-refractivity contribution in [3.05, 3.63) is 71.3 Å². The Morgan fingerprint density at radius 3 is 2.07 bits per heavy atom. The molecule has 0 atom stereocenters. The maximum Gasteiger partial charge on any atom is 0.253 e. The average molecular weight is 382 g/mol. The second kappa shape index (κ2) is 8.38. The Balaban J connectivity index is 1.59. The topological polar surface area (TPSA) is 66.5 Å². The van der Waals surface area contributed by atoms with Gasteiger partial charge in [-0.1, -0.05) is 30.0 Å². The Kier molecular flexibility index (Phi) is 5.94. The highest BCUT2D eigenvalue weighted by atomic mass is 32.2. The highest BCUT2D eigenvalue weighted by Gasteiger charge is 2.25. The molecule has 1 aliphatic rings. The predicted octanol–water partition coefficient (Wildman–Crippen LogP) is 2.24. The predicted molar refractivity (Wildman–Crippen MR) is 106 cm³/mol. The molecule has 0 aromatic heterocycles. The zero-order chi connectivity index (χ0) is 19.3. The fourth-order valence-corrected chi connectivity index (χ4v) is 3.89. The number of hydrogen-bond acceptors (Lipinski definition) is 3. The van der Waals surface area contributed by atoms with Crippen LogP contribution in [0.5, 0.6) is 0 Å². The summed E-state index contributed by atoms with van der Waals surface area (Å²) in [4.78, 5) is 14.4. The molecule has 0 unspecified atom stereocenters. The van der Waals surface area contributed by atoms with E-state index in [1.54, 1.807) is 17.0 Å². The van der Waals surface area contributed by atoms with Crippen molar-refractivity contribution in [3.8, 4) is 11.8 Å². The number of benzene rings is 2. The standard InChI is InChI=1S/C21H22N2O3S/c1-27(25,26)22-20-13-15-23(16-14-20)21(24)19-11-9-18(10-12-19)8-7-17-5-3-2-4-6-17/h2-6,9-12,20,22H,13-16H2,1H3. The van der Waals surface area contributed by atoms with Gasteiger partial charge in [-0.3, -0.25) is 4.79 Å². The molecule has 0 bridgehead atoms. The molecule has 1 N–H and O–H groups in total. The van der Waals surface area contributed by atoms with E-state index < -0.39 is 10.0 Å². The second-order valence-corrected chi connectivity index (χ2v) is 8.43. The van der Waals surface area contributed by atoms with Gasteiger partial charge in [0.15, 0.2) is 0 Å². The molecule has 0 radical (unpaired) electrons. The molecule has 1 amide bonds. The molecule has 6 heteroatoms. The van der Waals surface area contributed by atoms with Crippen molar-refractivity contribution in [2.24, 2.45) is 0 Å². The van der Waals surface area contributed by atoms with Crippen molar-refractivity contribution in [3.63, 3.8) is 0 Å². The summed E-state index contributed by atoms with van der Waals surface area (Å²) in [7, 11) is -3.21. The Morgan fingerprint density at radius 2 is 1.52 bits per heavy atom. The lowest BCUT2D eigenvalue weighted by atomic mass is 10.0. The van der Waals surface area contributed by atoms with Crippen LogP contribution < -0.4 is 4.72 Å². The average Bonchev–Trinajstić information content (AvgIpc) is 2.66. The monoisotopic (exact) mass is 382 g/mol. The number of likely N-dealkylation sites (tertiary alicyclic amines) is 1. The van der Waals surface area contributed by atoms with E-state index in [9.17, 15) is 13.2 Å². The van der Waals surface area contributed by atoms with Gasteiger partial charge in [-0.15, -0.1) is 0 Å². The van der Waals surface area contributed by atoms with Crippen LogP contribution in [0.4, 0.5) is 0 Å². The van der Waals surface area contributed by atoms with Crippen molar-refractivity contribution >= 4 is 15.9 Å². The van der Waals surface area contributed by atoms with Crippen LogP contribution in [0.2, 0.25) is 0 Å². The molecule has 2 aromatic carbocycles. The van der Waals surface area contributed by atoms with Gasteiger partial charge in [-0.25, -0.2) is 13.1 Å². The molecule has 3 rings (SSSR count). The van der Waals surface area contributed by atoms with Gasteiger partial charge in [-0.2, -0.15) is 0 Å². The van der Waals surface area contributed by atoms with Crippen molar-refractivity contribution in [1.29, 1.82) is 0 Å². The van der Waals surface area contributed by atoms with Gasteiger partial charge < -0.3 is 4.90 Å². The summed E-state index contributed by atoms with van der Waals surface area (Å²) >= 11 is 0. The smallest absolute Gasteiger partial charge is 0.253 e. The van der Waals surface area contributed by atoms with E-state index in [0.717, 1.165) is 17.4 Å². The van der Waals surface area contributed by atoms with Crippen molar-refractivity contribution < 1.29 is 13.2 Å². The largest absolute Gasteiger partial charge is 0.339 e. The molecular formula is C21H22N2O3S. The van der Waals surface area contributed by atoms with E-state index in [4.69, 9.17) is 0 Å². The van der Waals surface area contributed by atoms with Crippen LogP contribution in [0.25, 0.3) is 0 Å². The first-order valence-corrected chi connectivity index (χ1v) is 10.7. The SMILES string of the molecule is CS(=O)(=O)NC1CCN(C(=O)c2ccc(C#Cc3ccccc3)cc2)CC1. The summed E-state index contributed by atoms with van der Waals surface area (Å²) in [5.74, 6) is 6.16. The fourth-order valence-electron chi connectivity index (χ4n) is 3.05. The number of sulfonamides is 1. The van der Waals surface area contributed by atoms with Gasteiger partial charge >= 0.3 is 0 Å². The number of hydrogen-bond donors (Lipinski definition) is 1. The van der Waals surface area contributed by atoms with Gasteiger partial charge in [0.25, 0.3) is 5.91 Å². The van der Waals surface area contributed by atoms with E-state index >= 15 is 0 Å². The van der Waals surface area contributed by atoms with Crippen LogP contribution >= 0.6 is 0 Å². The van der Waals surface area contributed by atoms with Crippen molar-refractivity contribution in [2.45, 2.75) is 18.9 Å². The minimum absolute atomic E-state index is 0.0321. The zero-order valence-corrected chi connectivity index (χ0v) is 16.0. The normalized spacial score (nSPS) is 15.1. The second-order valence-electron chi connectivity index (χ2n) is 6.65. The molecule has 1 fully saturated rings. The summed E-state index contributed by atoms with van der Waals surface area (Å²) in [6, 6.07) is 16.9. The summed E-state index contributed by atoms with van der Waals surface area (Å²) < 4.78 is 25.2. The quantitative estimate of drug-likeness (QED) is 0.828. The number of piperidine rings is 1. The van der Waals surface area contributed by atoms with Crippen LogP contribution in [-0.4, -0.2) is 44.6 Å². The van der Waals surface area contributed by atoms with E-state index in [0.29, 0.717) is 31.5 Å². The number of nitrogens with one attached hydrogen (secondary N) is 1. The molecular weight excluding hydrogens is 360 g/mol. The summed E-state index contributed by atoms with van der Waals surface area (Å²) in [6.45, 7) is 1.09. The number of rotatable bonds is 3. The lowest BCUT2D eigenvalue weighted by molar-refractivity contribution is 0.0711. The third-order valence-electron chi connectivity index (χ3n) is 4.42. The van der Waals surface area contributed by atoms with Crippen LogP contribution in [0.1, 0.15) is 34.3 Å². The number of carbonyl (C=O) groups is 1. The Morgan fingerprint density at radius 1 is 0.963 bits per heavy atom. The molecule has 1 heterocycles. The Labute approximate surface area is 160 Å². The van der Waals surface area contributed by atoms with Crippen LogP contribution in [0.15, 0.2) is 54.6 Å². The summed E-state index contributed by atoms with van der Waals surface area (Å²) in [5.41, 5.74) is 2.42. The molecule has 27 heavy (non-hydrogen) atoms. The number of amides is 1. The molecule has 1 saturated heterocycles. The van der Waals surface area contributed by atoms with Gasteiger partial charge in [-0.05, 0) is 49.2 Å². The Hall–Kier alpha value is -2.62. The fraction of sp³-hybridized carbons (Fsp3) is 0.286. The lowest BCUT2D eigenvalue weighted by Gasteiger charge is -2.32. The number of carbonyl (C=O) groups excluding carboxylic acids is 1. The molecule has 0 saturated carbocycles. The highest BCUT2D eigenvalue weighted by molar-refractivity contribution is 7.88. The van der Waals surface area contributed by atoms with E-state index in [-0.39, 0.29) is 11.9 Å². The maximum atomic E-state index is 12.6. The molecule has 0 spiro atoms. The molecule has 2 aromatic rings. The minimum atomic E-state index is -3.21. The van der Waals surface area contributed by atoms with Crippen molar-refractivity contribution in [1.82, 2.24) is 9.62 Å². The molecule has 5 nitrogen and oxygen atoms in total. The van der Waals surface area contributed by atoms with Crippen LogP contribution in [0, 0.1) is 11.8 Å².